The van der Waals surface area contributed by atoms with Gasteiger partial charge in [0.1, 0.15) is 6.33 Å². The molecule has 0 atom stereocenters. The van der Waals surface area contributed by atoms with Crippen LogP contribution in [0.5, 0.6) is 0 Å². The molecule has 2 aromatic heterocycles. The number of thiophene rings is 1. The van der Waals surface area contributed by atoms with E-state index in [0.717, 1.165) is 26.2 Å². The molecule has 3 rings (SSSR count). The Morgan fingerprint density at radius 3 is 2.60 bits per heavy atom. The van der Waals surface area contributed by atoms with E-state index in [2.05, 4.69) is 32.4 Å². The van der Waals surface area contributed by atoms with Crippen LogP contribution in [0.15, 0.2) is 23.8 Å². The van der Waals surface area contributed by atoms with Gasteiger partial charge in [0.15, 0.2) is 11.6 Å². The molecule has 3 heterocycles. The lowest BCUT2D eigenvalue weighted by Gasteiger charge is -2.36. The summed E-state index contributed by atoms with van der Waals surface area (Å²) in [4.78, 5) is 12.5. The molecule has 2 aromatic rings. The third-order valence-electron chi connectivity index (χ3n) is 3.58. The molecule has 1 saturated heterocycles. The molecule has 0 saturated carbocycles. The monoisotopic (exact) mass is 292 g/mol. The van der Waals surface area contributed by atoms with Crippen molar-refractivity contribution in [3.05, 3.63) is 35.4 Å². The van der Waals surface area contributed by atoms with Gasteiger partial charge in [0, 0.05) is 26.2 Å². The summed E-state index contributed by atoms with van der Waals surface area (Å²) in [6.45, 7) is 5.27. The first-order chi connectivity index (χ1) is 9.79. The molecule has 0 bridgehead atoms. The normalized spacial score (nSPS) is 15.7. The van der Waals surface area contributed by atoms with Crippen molar-refractivity contribution < 1.29 is 4.39 Å². The third-order valence-corrected chi connectivity index (χ3v) is 4.50. The topological polar surface area (TPSA) is 32.3 Å². The zero-order valence-corrected chi connectivity index (χ0v) is 12.2. The van der Waals surface area contributed by atoms with Crippen LogP contribution in [0, 0.1) is 5.82 Å². The maximum Gasteiger partial charge on any atom is 0.187 e. The molecule has 0 N–H and O–H groups in total. The minimum absolute atomic E-state index is 0.264. The van der Waals surface area contributed by atoms with Gasteiger partial charge in [-0.2, -0.15) is 0 Å². The van der Waals surface area contributed by atoms with Gasteiger partial charge in [0.2, 0.25) is 0 Å². The van der Waals surface area contributed by atoms with E-state index < -0.39 is 0 Å². The fourth-order valence-electron chi connectivity index (χ4n) is 2.45. The molecule has 1 aliphatic rings. The Labute approximate surface area is 121 Å². The molecule has 0 unspecified atom stereocenters. The van der Waals surface area contributed by atoms with Gasteiger partial charge in [0.25, 0.3) is 0 Å². The second-order valence-electron chi connectivity index (χ2n) is 4.74. The number of piperazine rings is 1. The maximum atomic E-state index is 14.2. The summed E-state index contributed by atoms with van der Waals surface area (Å²) < 4.78 is 14.2. The molecule has 0 aliphatic carbocycles. The number of anilines is 2. The van der Waals surface area contributed by atoms with Crippen molar-refractivity contribution in [2.75, 3.05) is 36.0 Å². The van der Waals surface area contributed by atoms with E-state index in [1.807, 2.05) is 11.8 Å². The van der Waals surface area contributed by atoms with E-state index in [9.17, 15) is 4.39 Å². The first kappa shape index (κ1) is 13.3. The van der Waals surface area contributed by atoms with Gasteiger partial charge >= 0.3 is 0 Å². The molecule has 1 fully saturated rings. The number of hydrogen-bond donors (Lipinski definition) is 0. The molecular formula is C14H17FN4S. The van der Waals surface area contributed by atoms with E-state index in [1.54, 1.807) is 11.3 Å². The van der Waals surface area contributed by atoms with Gasteiger partial charge in [-0.05, 0) is 23.9 Å². The summed E-state index contributed by atoms with van der Waals surface area (Å²) in [6.07, 6.45) is 2.05. The molecular weight excluding hydrogens is 275 g/mol. The highest BCUT2D eigenvalue weighted by atomic mass is 32.1. The highest BCUT2D eigenvalue weighted by molar-refractivity contribution is 7.14. The predicted octanol–water partition coefficient (Wildman–Crippen LogP) is 2.57. The molecule has 0 amide bonds. The van der Waals surface area contributed by atoms with Crippen LogP contribution >= 0.6 is 11.3 Å². The summed E-state index contributed by atoms with van der Waals surface area (Å²) in [5, 5.41) is 3.36. The van der Waals surface area contributed by atoms with Crippen molar-refractivity contribution in [3.8, 4) is 0 Å². The quantitative estimate of drug-likeness (QED) is 0.870. The second kappa shape index (κ2) is 5.75. The lowest BCUT2D eigenvalue weighted by molar-refractivity contribution is 0.569. The summed E-state index contributed by atoms with van der Waals surface area (Å²) in [6, 6.07) is 4.19. The molecule has 20 heavy (non-hydrogen) atoms. The Morgan fingerprint density at radius 1 is 1.20 bits per heavy atom. The number of aryl methyl sites for hydroxylation is 1. The average molecular weight is 292 g/mol. The first-order valence-corrected chi connectivity index (χ1v) is 7.70. The number of hydrogen-bond acceptors (Lipinski definition) is 5. The van der Waals surface area contributed by atoms with Gasteiger partial charge in [0.05, 0.1) is 10.7 Å². The van der Waals surface area contributed by atoms with Crippen molar-refractivity contribution in [2.45, 2.75) is 13.3 Å². The Balaban J connectivity index is 1.72. The van der Waals surface area contributed by atoms with Crippen LogP contribution in [-0.2, 0) is 6.42 Å². The molecule has 0 radical (unpaired) electrons. The van der Waals surface area contributed by atoms with Crippen LogP contribution in [0.2, 0.25) is 0 Å². The summed E-state index contributed by atoms with van der Waals surface area (Å²) in [7, 11) is 0. The lowest BCUT2D eigenvalue weighted by atomic mass is 10.2. The third kappa shape index (κ3) is 2.47. The van der Waals surface area contributed by atoms with E-state index in [1.165, 1.54) is 11.3 Å². The lowest BCUT2D eigenvalue weighted by Crippen LogP contribution is -2.47. The van der Waals surface area contributed by atoms with E-state index in [-0.39, 0.29) is 5.82 Å². The van der Waals surface area contributed by atoms with Gasteiger partial charge in [-0.25, -0.2) is 14.4 Å². The average Bonchev–Trinajstić information content (AvgIpc) is 3.02. The van der Waals surface area contributed by atoms with Gasteiger partial charge in [-0.15, -0.1) is 11.3 Å². The predicted molar refractivity (Wildman–Crippen MR) is 80.1 cm³/mol. The number of rotatable bonds is 3. The van der Waals surface area contributed by atoms with Crippen LogP contribution in [-0.4, -0.2) is 36.1 Å². The van der Waals surface area contributed by atoms with Crippen LogP contribution in [0.3, 0.4) is 0 Å². The van der Waals surface area contributed by atoms with Crippen molar-refractivity contribution in [1.29, 1.82) is 0 Å². The minimum Gasteiger partial charge on any atom is -0.360 e. The standard InChI is InChI=1S/C14H17FN4S/c1-2-11-13(15)14(17-10-16-11)19-7-5-18(6-8-19)12-4-3-9-20-12/h3-4,9-10H,2,5-8H2,1H3. The Hall–Kier alpha value is -1.69. The van der Waals surface area contributed by atoms with Gasteiger partial charge in [-0.3, -0.25) is 0 Å². The zero-order valence-electron chi connectivity index (χ0n) is 11.4. The van der Waals surface area contributed by atoms with Crippen molar-refractivity contribution >= 4 is 22.2 Å². The molecule has 0 spiro atoms. The van der Waals surface area contributed by atoms with Gasteiger partial charge in [-0.1, -0.05) is 6.92 Å². The number of halogens is 1. The fraction of sp³-hybridized carbons (Fsp3) is 0.429. The smallest absolute Gasteiger partial charge is 0.187 e. The van der Waals surface area contributed by atoms with Crippen LogP contribution in [0.4, 0.5) is 15.2 Å². The summed E-state index contributed by atoms with van der Waals surface area (Å²) in [5.74, 6) is 0.183. The number of nitrogens with zero attached hydrogens (tertiary/aromatic N) is 4. The van der Waals surface area contributed by atoms with Gasteiger partial charge < -0.3 is 9.80 Å². The summed E-state index contributed by atoms with van der Waals surface area (Å²) >= 11 is 1.74. The van der Waals surface area contributed by atoms with Crippen molar-refractivity contribution in [2.24, 2.45) is 0 Å². The highest BCUT2D eigenvalue weighted by Crippen LogP contribution is 2.25. The van der Waals surface area contributed by atoms with Crippen LogP contribution in [0.1, 0.15) is 12.6 Å². The second-order valence-corrected chi connectivity index (χ2v) is 5.66. The zero-order chi connectivity index (χ0) is 13.9. The maximum absolute atomic E-state index is 14.2. The largest absolute Gasteiger partial charge is 0.360 e. The fourth-order valence-corrected chi connectivity index (χ4v) is 3.24. The summed E-state index contributed by atoms with van der Waals surface area (Å²) in [5.41, 5.74) is 0.496. The van der Waals surface area contributed by atoms with Crippen LogP contribution in [0.25, 0.3) is 0 Å². The Kier molecular flexibility index (Phi) is 3.82. The Morgan fingerprint density at radius 2 is 1.95 bits per heavy atom. The van der Waals surface area contributed by atoms with E-state index in [4.69, 9.17) is 0 Å². The molecule has 4 nitrogen and oxygen atoms in total. The minimum atomic E-state index is -0.264. The van der Waals surface area contributed by atoms with Crippen molar-refractivity contribution in [3.63, 3.8) is 0 Å². The molecule has 6 heteroatoms. The number of aromatic nitrogens is 2. The molecule has 1 aliphatic heterocycles. The Bertz CT molecular complexity index is 565. The van der Waals surface area contributed by atoms with Crippen molar-refractivity contribution in [1.82, 2.24) is 9.97 Å². The van der Waals surface area contributed by atoms with E-state index in [0.29, 0.717) is 17.9 Å². The first-order valence-electron chi connectivity index (χ1n) is 6.82. The molecule has 106 valence electrons. The van der Waals surface area contributed by atoms with Crippen LogP contribution < -0.4 is 9.80 Å². The SMILES string of the molecule is CCc1ncnc(N2CCN(c3cccs3)CC2)c1F. The van der Waals surface area contributed by atoms with E-state index >= 15 is 0 Å². The molecule has 0 aromatic carbocycles. The highest BCUT2D eigenvalue weighted by Gasteiger charge is 2.22.